The van der Waals surface area contributed by atoms with E-state index in [9.17, 15) is 18.4 Å². The molecule has 0 aliphatic heterocycles. The first kappa shape index (κ1) is 18.6. The van der Waals surface area contributed by atoms with Gasteiger partial charge >= 0.3 is 0 Å². The van der Waals surface area contributed by atoms with Gasteiger partial charge in [-0.25, -0.2) is 13.5 Å². The zero-order valence-corrected chi connectivity index (χ0v) is 14.5. The molecule has 0 saturated carbocycles. The van der Waals surface area contributed by atoms with E-state index >= 15 is 0 Å². The Hall–Kier alpha value is -3.16. The fourth-order valence-corrected chi connectivity index (χ4v) is 2.70. The molecule has 0 aliphatic carbocycles. The van der Waals surface area contributed by atoms with Gasteiger partial charge in [-0.3, -0.25) is 9.59 Å². The monoisotopic (exact) mass is 372 g/mol. The first-order valence-electron chi connectivity index (χ1n) is 8.62. The lowest BCUT2D eigenvalue weighted by atomic mass is 10.2. The summed E-state index contributed by atoms with van der Waals surface area (Å²) in [5, 5.41) is 10.9. The molecule has 0 saturated heterocycles. The van der Waals surface area contributed by atoms with Gasteiger partial charge < -0.3 is 5.32 Å². The second-order valence-corrected chi connectivity index (χ2v) is 6.12. The van der Waals surface area contributed by atoms with Crippen LogP contribution in [0.5, 0.6) is 0 Å². The Morgan fingerprint density at radius 1 is 1.07 bits per heavy atom. The predicted octanol–water partition coefficient (Wildman–Crippen LogP) is 3.27. The molecule has 0 spiro atoms. The number of unbranched alkanes of at least 4 members (excludes halogenated alkanes) is 2. The van der Waals surface area contributed by atoms with Crippen molar-refractivity contribution in [3.63, 3.8) is 0 Å². The molecule has 3 rings (SSSR count). The second kappa shape index (κ2) is 8.48. The van der Waals surface area contributed by atoms with E-state index in [2.05, 4.69) is 15.6 Å². The van der Waals surface area contributed by atoms with Crippen molar-refractivity contribution in [1.82, 2.24) is 15.0 Å². The minimum Gasteiger partial charge on any atom is -0.324 e. The first-order chi connectivity index (χ1) is 13.0. The number of aromatic nitrogens is 3. The fourth-order valence-electron chi connectivity index (χ4n) is 2.70. The summed E-state index contributed by atoms with van der Waals surface area (Å²) in [6.45, 7) is 0.408. The Kier molecular flexibility index (Phi) is 5.85. The number of nitrogens with one attached hydrogen (secondary N) is 1. The summed E-state index contributed by atoms with van der Waals surface area (Å²) < 4.78 is 27.6. The van der Waals surface area contributed by atoms with E-state index in [1.807, 2.05) is 0 Å². The van der Waals surface area contributed by atoms with Crippen molar-refractivity contribution in [1.29, 1.82) is 0 Å². The topological polar surface area (TPSA) is 76.9 Å². The second-order valence-electron chi connectivity index (χ2n) is 6.12. The minimum atomic E-state index is -0.808. The van der Waals surface area contributed by atoms with Gasteiger partial charge in [0.1, 0.15) is 17.2 Å². The molecule has 1 aromatic heterocycles. The maximum atomic E-state index is 13.5. The maximum absolute atomic E-state index is 13.5. The van der Waals surface area contributed by atoms with Gasteiger partial charge in [0.05, 0.1) is 11.1 Å². The summed E-state index contributed by atoms with van der Waals surface area (Å²) in [6.07, 6.45) is 2.13. The molecule has 6 nitrogen and oxygen atoms in total. The lowest BCUT2D eigenvalue weighted by Gasteiger charge is -2.07. The zero-order chi connectivity index (χ0) is 19.2. The fraction of sp³-hybridized carbons (Fsp3) is 0.263. The van der Waals surface area contributed by atoms with Crippen molar-refractivity contribution in [2.75, 3.05) is 5.32 Å². The molecular weight excluding hydrogens is 354 g/mol. The molecule has 3 aromatic rings. The molecule has 0 fully saturated rings. The van der Waals surface area contributed by atoms with Crippen LogP contribution in [-0.4, -0.2) is 20.9 Å². The standard InChI is InChI=1S/C19H18F2N4O2/c20-13-9-10-17(15(21)12-13)22-18(26)8-2-1-5-11-25-19(27)14-6-3-4-7-16(14)23-24-25/h3-4,6-7,9-10,12H,1-2,5,8,11H2,(H,22,26). The third-order valence-corrected chi connectivity index (χ3v) is 4.11. The minimum absolute atomic E-state index is 0.0422. The summed E-state index contributed by atoms with van der Waals surface area (Å²) in [4.78, 5) is 24.1. The molecule has 0 unspecified atom stereocenters. The molecule has 1 amide bonds. The van der Waals surface area contributed by atoms with E-state index in [1.54, 1.807) is 24.3 Å². The molecule has 2 aromatic carbocycles. The largest absolute Gasteiger partial charge is 0.324 e. The van der Waals surface area contributed by atoms with E-state index in [1.165, 1.54) is 10.7 Å². The number of carbonyl (C=O) groups excluding carboxylic acids is 1. The number of benzene rings is 2. The van der Waals surface area contributed by atoms with Gasteiger partial charge in [-0.1, -0.05) is 23.8 Å². The summed E-state index contributed by atoms with van der Waals surface area (Å²) in [6, 6.07) is 10.0. The van der Waals surface area contributed by atoms with Gasteiger partial charge in [-0.2, -0.15) is 0 Å². The summed E-state index contributed by atoms with van der Waals surface area (Å²) in [7, 11) is 0. The van der Waals surface area contributed by atoms with Gasteiger partial charge in [-0.05, 0) is 37.1 Å². The number of halogens is 2. The molecule has 27 heavy (non-hydrogen) atoms. The average molecular weight is 372 g/mol. The maximum Gasteiger partial charge on any atom is 0.277 e. The number of carbonyl (C=O) groups is 1. The van der Waals surface area contributed by atoms with Crippen molar-refractivity contribution in [3.8, 4) is 0 Å². The highest BCUT2D eigenvalue weighted by Crippen LogP contribution is 2.15. The third-order valence-electron chi connectivity index (χ3n) is 4.11. The first-order valence-corrected chi connectivity index (χ1v) is 8.62. The SMILES string of the molecule is O=C(CCCCCn1nnc2ccccc2c1=O)Nc1ccc(F)cc1F. The van der Waals surface area contributed by atoms with Crippen LogP contribution in [-0.2, 0) is 11.3 Å². The van der Waals surface area contributed by atoms with Crippen LogP contribution < -0.4 is 10.9 Å². The van der Waals surface area contributed by atoms with Crippen LogP contribution in [0.3, 0.4) is 0 Å². The van der Waals surface area contributed by atoms with Crippen LogP contribution in [0.4, 0.5) is 14.5 Å². The highest BCUT2D eigenvalue weighted by atomic mass is 19.1. The van der Waals surface area contributed by atoms with Crippen molar-refractivity contribution in [3.05, 3.63) is 64.5 Å². The number of rotatable bonds is 7. The van der Waals surface area contributed by atoms with Gasteiger partial charge in [0.15, 0.2) is 0 Å². The number of fused-ring (bicyclic) bond motifs is 1. The lowest BCUT2D eigenvalue weighted by molar-refractivity contribution is -0.116. The Morgan fingerprint density at radius 3 is 2.70 bits per heavy atom. The summed E-state index contributed by atoms with van der Waals surface area (Å²) in [5.41, 5.74) is 0.327. The van der Waals surface area contributed by atoms with E-state index in [0.29, 0.717) is 36.7 Å². The number of hydrogen-bond donors (Lipinski definition) is 1. The lowest BCUT2D eigenvalue weighted by Crippen LogP contribution is -2.24. The molecule has 140 valence electrons. The smallest absolute Gasteiger partial charge is 0.277 e. The van der Waals surface area contributed by atoms with Crippen molar-refractivity contribution >= 4 is 22.5 Å². The Bertz CT molecular complexity index is 1020. The molecule has 0 atom stereocenters. The number of aryl methyl sites for hydroxylation is 1. The number of hydrogen-bond acceptors (Lipinski definition) is 4. The quantitative estimate of drug-likeness (QED) is 0.646. The molecule has 1 N–H and O–H groups in total. The highest BCUT2D eigenvalue weighted by molar-refractivity contribution is 5.90. The molecule has 8 heteroatoms. The summed E-state index contributed by atoms with van der Waals surface area (Å²) >= 11 is 0. The normalized spacial score (nSPS) is 10.9. The number of amides is 1. The van der Waals surface area contributed by atoms with Gasteiger partial charge in [0.25, 0.3) is 5.56 Å². The van der Waals surface area contributed by atoms with Crippen molar-refractivity contribution in [2.24, 2.45) is 0 Å². The van der Waals surface area contributed by atoms with Gasteiger partial charge in [0, 0.05) is 19.0 Å². The Balaban J connectivity index is 1.45. The molecule has 1 heterocycles. The van der Waals surface area contributed by atoms with Crippen LogP contribution in [0.15, 0.2) is 47.3 Å². The van der Waals surface area contributed by atoms with Crippen LogP contribution >= 0.6 is 0 Å². The van der Waals surface area contributed by atoms with E-state index < -0.39 is 11.6 Å². The number of anilines is 1. The molecule has 0 aliphatic rings. The molecular formula is C19H18F2N4O2. The van der Waals surface area contributed by atoms with Crippen molar-refractivity contribution in [2.45, 2.75) is 32.2 Å². The average Bonchev–Trinajstić information content (AvgIpc) is 2.65. The Labute approximate surface area is 153 Å². The van der Waals surface area contributed by atoms with E-state index in [4.69, 9.17) is 0 Å². The van der Waals surface area contributed by atoms with Gasteiger partial charge in [-0.15, -0.1) is 5.10 Å². The van der Waals surface area contributed by atoms with Crippen LogP contribution in [0.2, 0.25) is 0 Å². The third kappa shape index (κ3) is 4.72. The van der Waals surface area contributed by atoms with Crippen LogP contribution in [0, 0.1) is 11.6 Å². The van der Waals surface area contributed by atoms with E-state index in [0.717, 1.165) is 12.1 Å². The van der Waals surface area contributed by atoms with Crippen LogP contribution in [0.25, 0.3) is 10.9 Å². The predicted molar refractivity (Wildman–Crippen MR) is 97.3 cm³/mol. The molecule has 0 radical (unpaired) electrons. The molecule has 0 bridgehead atoms. The number of nitrogens with zero attached hydrogens (tertiary/aromatic N) is 3. The summed E-state index contributed by atoms with van der Waals surface area (Å²) in [5.74, 6) is -1.85. The highest BCUT2D eigenvalue weighted by Gasteiger charge is 2.08. The Morgan fingerprint density at radius 2 is 1.89 bits per heavy atom. The van der Waals surface area contributed by atoms with Crippen molar-refractivity contribution < 1.29 is 13.6 Å². The van der Waals surface area contributed by atoms with E-state index in [-0.39, 0.29) is 23.6 Å². The zero-order valence-electron chi connectivity index (χ0n) is 14.5. The van der Waals surface area contributed by atoms with Gasteiger partial charge in [0.2, 0.25) is 5.91 Å². The van der Waals surface area contributed by atoms with Crippen LogP contribution in [0.1, 0.15) is 25.7 Å².